The van der Waals surface area contributed by atoms with Crippen molar-refractivity contribution >= 4 is 28.2 Å². The summed E-state index contributed by atoms with van der Waals surface area (Å²) >= 11 is 1.55. The van der Waals surface area contributed by atoms with Crippen LogP contribution in [-0.4, -0.2) is 28.3 Å². The number of rotatable bonds is 3. The summed E-state index contributed by atoms with van der Waals surface area (Å²) in [6.45, 7) is 0. The van der Waals surface area contributed by atoms with Gasteiger partial charge in [0.2, 0.25) is 0 Å². The first-order valence-corrected chi connectivity index (χ1v) is 8.22. The average Bonchev–Trinajstić information content (AvgIpc) is 3.28. The number of nitrogens with one attached hydrogen (secondary N) is 1. The molecule has 0 radical (unpaired) electrons. The number of benzene rings is 2. The first-order valence-electron chi connectivity index (χ1n) is 7.34. The molecule has 24 heavy (non-hydrogen) atoms. The summed E-state index contributed by atoms with van der Waals surface area (Å²) in [5, 5.41) is 11.3. The Kier molecular flexibility index (Phi) is 3.59. The predicted molar refractivity (Wildman–Crippen MR) is 94.0 cm³/mol. The fourth-order valence-corrected chi connectivity index (χ4v) is 3.37. The summed E-state index contributed by atoms with van der Waals surface area (Å²) in [6.07, 6.45) is 0. The molecule has 0 fully saturated rings. The summed E-state index contributed by atoms with van der Waals surface area (Å²) in [7, 11) is 1.37. The van der Waals surface area contributed by atoms with Crippen LogP contribution < -0.4 is 0 Å². The van der Waals surface area contributed by atoms with Gasteiger partial charge in [0.15, 0.2) is 0 Å². The van der Waals surface area contributed by atoms with Crippen molar-refractivity contribution in [3.8, 4) is 22.0 Å². The van der Waals surface area contributed by atoms with Gasteiger partial charge in [-0.25, -0.2) is 9.78 Å². The van der Waals surface area contributed by atoms with E-state index in [0.29, 0.717) is 5.56 Å². The largest absolute Gasteiger partial charge is 0.465 e. The topological polar surface area (TPSA) is 67.9 Å². The molecular formula is C18H13N3O2S. The molecule has 0 unspecified atom stereocenters. The van der Waals surface area contributed by atoms with Gasteiger partial charge in [-0.05, 0) is 18.2 Å². The van der Waals surface area contributed by atoms with Crippen LogP contribution in [0, 0.1) is 0 Å². The van der Waals surface area contributed by atoms with Crippen LogP contribution in [0.3, 0.4) is 0 Å². The van der Waals surface area contributed by atoms with E-state index in [4.69, 9.17) is 4.74 Å². The van der Waals surface area contributed by atoms with Gasteiger partial charge in [-0.2, -0.15) is 5.10 Å². The highest BCUT2D eigenvalue weighted by Gasteiger charge is 2.13. The zero-order chi connectivity index (χ0) is 16.5. The third-order valence-corrected chi connectivity index (χ3v) is 4.63. The summed E-state index contributed by atoms with van der Waals surface area (Å²) < 4.78 is 4.71. The maximum absolute atomic E-state index is 11.5. The summed E-state index contributed by atoms with van der Waals surface area (Å²) in [4.78, 5) is 16.2. The van der Waals surface area contributed by atoms with Gasteiger partial charge in [0, 0.05) is 16.3 Å². The first kappa shape index (κ1) is 14.6. The van der Waals surface area contributed by atoms with Gasteiger partial charge >= 0.3 is 5.97 Å². The Bertz CT molecular complexity index is 1020. The van der Waals surface area contributed by atoms with Gasteiger partial charge in [-0.3, -0.25) is 5.10 Å². The predicted octanol–water partition coefficient (Wildman–Crippen LogP) is 4.14. The van der Waals surface area contributed by atoms with Crippen LogP contribution in [0.15, 0.2) is 53.9 Å². The standard InChI is InChI=1S/C18H13N3O2S/c1-23-18(22)12-8-6-11(7-9-12)15-10-24-17(19-15)16-13-4-2-3-5-14(13)20-21-16/h2-10H,1H3,(H,20,21). The van der Waals surface area contributed by atoms with Crippen molar-refractivity contribution in [2.24, 2.45) is 0 Å². The molecule has 0 amide bonds. The number of ether oxygens (including phenoxy) is 1. The molecule has 2 aromatic heterocycles. The number of nitrogens with zero attached hydrogens (tertiary/aromatic N) is 2. The van der Waals surface area contributed by atoms with E-state index < -0.39 is 0 Å². The number of H-pyrrole nitrogens is 1. The molecule has 0 atom stereocenters. The zero-order valence-corrected chi connectivity index (χ0v) is 13.6. The van der Waals surface area contributed by atoms with Crippen molar-refractivity contribution in [1.29, 1.82) is 0 Å². The zero-order valence-electron chi connectivity index (χ0n) is 12.8. The fraction of sp³-hybridized carbons (Fsp3) is 0.0556. The van der Waals surface area contributed by atoms with E-state index >= 15 is 0 Å². The minimum atomic E-state index is -0.344. The lowest BCUT2D eigenvalue weighted by Gasteiger charge is -2.00. The molecule has 4 rings (SSSR count). The third-order valence-electron chi connectivity index (χ3n) is 3.78. The number of fused-ring (bicyclic) bond motifs is 1. The van der Waals surface area contributed by atoms with Crippen LogP contribution in [0.5, 0.6) is 0 Å². The monoisotopic (exact) mass is 335 g/mol. The quantitative estimate of drug-likeness (QED) is 0.571. The van der Waals surface area contributed by atoms with E-state index in [1.807, 2.05) is 41.8 Å². The van der Waals surface area contributed by atoms with Crippen molar-refractivity contribution in [3.05, 3.63) is 59.5 Å². The maximum atomic E-state index is 11.5. The van der Waals surface area contributed by atoms with Crippen molar-refractivity contribution in [1.82, 2.24) is 15.2 Å². The van der Waals surface area contributed by atoms with E-state index in [-0.39, 0.29) is 5.97 Å². The number of thiazole rings is 1. The Morgan fingerprint density at radius 1 is 1.12 bits per heavy atom. The number of hydrogen-bond acceptors (Lipinski definition) is 5. The number of para-hydroxylation sites is 1. The molecule has 0 saturated heterocycles. The highest BCUT2D eigenvalue weighted by atomic mass is 32.1. The number of carbonyl (C=O) groups excluding carboxylic acids is 1. The minimum Gasteiger partial charge on any atom is -0.465 e. The summed E-state index contributed by atoms with van der Waals surface area (Å²) in [5.74, 6) is -0.344. The van der Waals surface area contributed by atoms with Gasteiger partial charge in [-0.15, -0.1) is 11.3 Å². The Morgan fingerprint density at radius 3 is 2.71 bits per heavy atom. The first-order chi connectivity index (χ1) is 11.8. The molecule has 2 aromatic carbocycles. The summed E-state index contributed by atoms with van der Waals surface area (Å²) in [6, 6.07) is 15.2. The molecule has 0 aliphatic carbocycles. The number of methoxy groups -OCH3 is 1. The van der Waals surface area contributed by atoms with Gasteiger partial charge in [0.05, 0.1) is 23.9 Å². The molecule has 0 spiro atoms. The van der Waals surface area contributed by atoms with Crippen molar-refractivity contribution in [2.45, 2.75) is 0 Å². The number of hydrogen-bond donors (Lipinski definition) is 1. The molecule has 1 N–H and O–H groups in total. The molecule has 5 nitrogen and oxygen atoms in total. The van der Waals surface area contributed by atoms with Gasteiger partial charge < -0.3 is 4.74 Å². The van der Waals surface area contributed by atoms with Crippen LogP contribution >= 0.6 is 11.3 Å². The Labute approximate surface area is 141 Å². The van der Waals surface area contributed by atoms with Crippen LogP contribution in [0.2, 0.25) is 0 Å². The third kappa shape index (κ3) is 2.47. The second kappa shape index (κ2) is 5.90. The minimum absolute atomic E-state index is 0.344. The Morgan fingerprint density at radius 2 is 1.92 bits per heavy atom. The molecular weight excluding hydrogens is 322 g/mol. The molecule has 118 valence electrons. The lowest BCUT2D eigenvalue weighted by molar-refractivity contribution is 0.0601. The Balaban J connectivity index is 1.69. The van der Waals surface area contributed by atoms with E-state index in [9.17, 15) is 4.79 Å². The van der Waals surface area contributed by atoms with Gasteiger partial charge in [0.1, 0.15) is 10.7 Å². The Hall–Kier alpha value is -2.99. The molecule has 0 aliphatic heterocycles. The van der Waals surface area contributed by atoms with Gasteiger partial charge in [0.25, 0.3) is 0 Å². The maximum Gasteiger partial charge on any atom is 0.337 e. The lowest BCUT2D eigenvalue weighted by atomic mass is 10.1. The average molecular weight is 335 g/mol. The molecule has 0 aliphatic rings. The molecule has 0 saturated carbocycles. The number of aromatic amines is 1. The normalized spacial score (nSPS) is 10.9. The second-order valence-electron chi connectivity index (χ2n) is 5.22. The van der Waals surface area contributed by atoms with E-state index in [1.165, 1.54) is 7.11 Å². The van der Waals surface area contributed by atoms with Crippen molar-refractivity contribution in [2.75, 3.05) is 7.11 Å². The van der Waals surface area contributed by atoms with Crippen molar-refractivity contribution in [3.63, 3.8) is 0 Å². The smallest absolute Gasteiger partial charge is 0.337 e. The number of aromatic nitrogens is 3. The van der Waals surface area contributed by atoms with Crippen molar-refractivity contribution < 1.29 is 9.53 Å². The fourth-order valence-electron chi connectivity index (χ4n) is 2.54. The van der Waals surface area contributed by atoms with Crippen LogP contribution in [0.4, 0.5) is 0 Å². The molecule has 2 heterocycles. The van der Waals surface area contributed by atoms with E-state index in [2.05, 4.69) is 15.2 Å². The number of esters is 1. The van der Waals surface area contributed by atoms with Crippen LogP contribution in [-0.2, 0) is 4.74 Å². The lowest BCUT2D eigenvalue weighted by Crippen LogP contribution is -2.00. The van der Waals surface area contributed by atoms with Crippen LogP contribution in [0.1, 0.15) is 10.4 Å². The molecule has 6 heteroatoms. The highest BCUT2D eigenvalue weighted by molar-refractivity contribution is 7.13. The highest BCUT2D eigenvalue weighted by Crippen LogP contribution is 2.31. The molecule has 0 bridgehead atoms. The number of carbonyl (C=O) groups is 1. The summed E-state index contributed by atoms with van der Waals surface area (Å²) in [5.41, 5.74) is 4.18. The van der Waals surface area contributed by atoms with E-state index in [1.54, 1.807) is 23.5 Å². The molecule has 4 aromatic rings. The second-order valence-corrected chi connectivity index (χ2v) is 6.08. The van der Waals surface area contributed by atoms with Crippen LogP contribution in [0.25, 0.3) is 32.9 Å². The SMILES string of the molecule is COC(=O)c1ccc(-c2csc(-c3n[nH]c4ccccc34)n2)cc1. The van der Waals surface area contributed by atoms with E-state index in [0.717, 1.165) is 32.9 Å². The van der Waals surface area contributed by atoms with Gasteiger partial charge in [-0.1, -0.05) is 30.3 Å².